The van der Waals surface area contributed by atoms with Crippen molar-refractivity contribution in [1.82, 2.24) is 4.98 Å². The molecule has 1 heterocycles. The molecule has 0 bridgehead atoms. The number of ether oxygens (including phenoxy) is 3. The summed E-state index contributed by atoms with van der Waals surface area (Å²) >= 11 is 1.17. The third-order valence-corrected chi connectivity index (χ3v) is 4.67. The molecule has 0 saturated carbocycles. The van der Waals surface area contributed by atoms with Crippen LogP contribution in [0.4, 0.5) is 13.9 Å². The van der Waals surface area contributed by atoms with Crippen LogP contribution in [0.1, 0.15) is 10.4 Å². The van der Waals surface area contributed by atoms with E-state index in [1.54, 1.807) is 23.6 Å². The monoisotopic (exact) mass is 434 g/mol. The Bertz CT molecular complexity index is 1090. The fourth-order valence-corrected chi connectivity index (χ4v) is 3.21. The van der Waals surface area contributed by atoms with Crippen LogP contribution in [0.2, 0.25) is 0 Å². The van der Waals surface area contributed by atoms with Crippen LogP contribution in [0.3, 0.4) is 0 Å². The molecular formula is C20H16F2N2O5S. The van der Waals surface area contributed by atoms with Gasteiger partial charge in [0.25, 0.3) is 5.91 Å². The van der Waals surface area contributed by atoms with Gasteiger partial charge in [0, 0.05) is 17.0 Å². The number of nitrogens with one attached hydrogen (secondary N) is 1. The highest BCUT2D eigenvalue weighted by Crippen LogP contribution is 2.33. The molecule has 0 saturated heterocycles. The fraction of sp³-hybridized carbons (Fsp3) is 0.150. The lowest BCUT2D eigenvalue weighted by atomic mass is 10.1. The maximum Gasteiger partial charge on any atom is 0.341 e. The molecule has 156 valence electrons. The molecule has 1 amide bonds. The molecule has 2 aromatic carbocycles. The van der Waals surface area contributed by atoms with Crippen molar-refractivity contribution < 1.29 is 32.6 Å². The van der Waals surface area contributed by atoms with Crippen molar-refractivity contribution in [3.05, 3.63) is 59.0 Å². The zero-order valence-corrected chi connectivity index (χ0v) is 16.7. The number of carbonyl (C=O) groups excluding carboxylic acids is 2. The fourth-order valence-electron chi connectivity index (χ4n) is 2.48. The van der Waals surface area contributed by atoms with E-state index >= 15 is 0 Å². The highest BCUT2D eigenvalue weighted by Gasteiger charge is 2.16. The summed E-state index contributed by atoms with van der Waals surface area (Å²) in [6.07, 6.45) is 0. The molecule has 0 aliphatic rings. The Morgan fingerprint density at radius 3 is 2.53 bits per heavy atom. The second-order valence-electron chi connectivity index (χ2n) is 5.86. The van der Waals surface area contributed by atoms with Crippen LogP contribution >= 0.6 is 11.3 Å². The number of hydrogen-bond acceptors (Lipinski definition) is 7. The van der Waals surface area contributed by atoms with E-state index in [9.17, 15) is 18.4 Å². The Kier molecular flexibility index (Phi) is 6.58. The number of anilines is 1. The number of hydrogen-bond donors (Lipinski definition) is 1. The van der Waals surface area contributed by atoms with E-state index in [0.29, 0.717) is 23.3 Å². The maximum absolute atomic E-state index is 13.6. The van der Waals surface area contributed by atoms with Gasteiger partial charge in [-0.2, -0.15) is 0 Å². The number of carbonyl (C=O) groups is 2. The summed E-state index contributed by atoms with van der Waals surface area (Å²) in [5, 5.41) is 4.51. The molecule has 0 aliphatic carbocycles. The Hall–Kier alpha value is -3.53. The minimum atomic E-state index is -1.08. The lowest BCUT2D eigenvalue weighted by Crippen LogP contribution is -2.21. The third kappa shape index (κ3) is 4.90. The predicted molar refractivity (Wildman–Crippen MR) is 106 cm³/mol. The van der Waals surface area contributed by atoms with E-state index in [1.165, 1.54) is 25.6 Å². The van der Waals surface area contributed by atoms with Crippen molar-refractivity contribution in [3.63, 3.8) is 0 Å². The largest absolute Gasteiger partial charge is 0.493 e. The van der Waals surface area contributed by atoms with Gasteiger partial charge in [-0.1, -0.05) is 0 Å². The van der Waals surface area contributed by atoms with Crippen molar-refractivity contribution in [2.45, 2.75) is 0 Å². The summed E-state index contributed by atoms with van der Waals surface area (Å²) in [6.45, 7) is -0.652. The quantitative estimate of drug-likeness (QED) is 0.568. The summed E-state index contributed by atoms with van der Waals surface area (Å²) < 4.78 is 41.7. The molecule has 0 unspecified atom stereocenters. The van der Waals surface area contributed by atoms with Crippen LogP contribution in [0.25, 0.3) is 11.3 Å². The van der Waals surface area contributed by atoms with Gasteiger partial charge in [-0.15, -0.1) is 11.3 Å². The number of halogens is 2. The molecular weight excluding hydrogens is 418 g/mol. The lowest BCUT2D eigenvalue weighted by molar-refractivity contribution is -0.119. The first-order valence-electron chi connectivity index (χ1n) is 8.51. The van der Waals surface area contributed by atoms with E-state index in [4.69, 9.17) is 14.2 Å². The number of rotatable bonds is 7. The molecule has 3 aromatic rings. The molecule has 0 radical (unpaired) electrons. The highest BCUT2D eigenvalue weighted by atomic mass is 32.1. The summed E-state index contributed by atoms with van der Waals surface area (Å²) in [7, 11) is 3.05. The SMILES string of the molecule is COc1ccc(-c2csc(NC(=O)COC(=O)c3ccc(F)cc3F)n2)cc1OC. The average Bonchev–Trinajstić information content (AvgIpc) is 3.19. The molecule has 1 aromatic heterocycles. The Morgan fingerprint density at radius 1 is 1.07 bits per heavy atom. The second-order valence-corrected chi connectivity index (χ2v) is 6.71. The van der Waals surface area contributed by atoms with Gasteiger partial charge in [-0.3, -0.25) is 10.1 Å². The second kappa shape index (κ2) is 9.31. The van der Waals surface area contributed by atoms with Crippen LogP contribution in [-0.4, -0.2) is 37.7 Å². The van der Waals surface area contributed by atoms with Crippen LogP contribution in [0, 0.1) is 11.6 Å². The van der Waals surface area contributed by atoms with E-state index in [-0.39, 0.29) is 5.13 Å². The number of amides is 1. The standard InChI is InChI=1S/C20H16F2N2O5S/c1-27-16-6-3-11(7-17(16)28-2)15-10-30-20(23-15)24-18(25)9-29-19(26)13-5-4-12(21)8-14(13)22/h3-8,10H,9H2,1-2H3,(H,23,24,25). The molecule has 30 heavy (non-hydrogen) atoms. The van der Waals surface area contributed by atoms with Crippen molar-refractivity contribution in [1.29, 1.82) is 0 Å². The lowest BCUT2D eigenvalue weighted by Gasteiger charge is -2.08. The first-order valence-corrected chi connectivity index (χ1v) is 9.39. The van der Waals surface area contributed by atoms with Crippen molar-refractivity contribution in [2.75, 3.05) is 26.1 Å². The predicted octanol–water partition coefficient (Wildman–Crippen LogP) is 3.90. The van der Waals surface area contributed by atoms with Crippen molar-refractivity contribution in [2.24, 2.45) is 0 Å². The minimum Gasteiger partial charge on any atom is -0.493 e. The van der Waals surface area contributed by atoms with Crippen LogP contribution in [0.5, 0.6) is 11.5 Å². The van der Waals surface area contributed by atoms with E-state index in [2.05, 4.69) is 10.3 Å². The number of esters is 1. The summed E-state index contributed by atoms with van der Waals surface area (Å²) in [5.41, 5.74) is 0.887. The Morgan fingerprint density at radius 2 is 1.83 bits per heavy atom. The average molecular weight is 434 g/mol. The third-order valence-electron chi connectivity index (χ3n) is 3.92. The van der Waals surface area contributed by atoms with Crippen molar-refractivity contribution in [3.8, 4) is 22.8 Å². The van der Waals surface area contributed by atoms with Gasteiger partial charge in [-0.05, 0) is 30.3 Å². The number of methoxy groups -OCH3 is 2. The maximum atomic E-state index is 13.6. The van der Waals surface area contributed by atoms with Gasteiger partial charge in [0.2, 0.25) is 0 Å². The smallest absolute Gasteiger partial charge is 0.341 e. The zero-order chi connectivity index (χ0) is 21.7. The number of aromatic nitrogens is 1. The molecule has 0 fully saturated rings. The normalized spacial score (nSPS) is 10.4. The first-order chi connectivity index (χ1) is 14.4. The zero-order valence-electron chi connectivity index (χ0n) is 15.9. The van der Waals surface area contributed by atoms with Crippen LogP contribution in [-0.2, 0) is 9.53 Å². The van der Waals surface area contributed by atoms with Gasteiger partial charge >= 0.3 is 5.97 Å². The molecule has 10 heteroatoms. The van der Waals surface area contributed by atoms with E-state index in [0.717, 1.165) is 17.7 Å². The van der Waals surface area contributed by atoms with Crippen LogP contribution < -0.4 is 14.8 Å². The molecule has 0 aliphatic heterocycles. The van der Waals surface area contributed by atoms with Gasteiger partial charge < -0.3 is 14.2 Å². The summed E-state index contributed by atoms with van der Waals surface area (Å²) in [4.78, 5) is 28.1. The van der Waals surface area contributed by atoms with E-state index < -0.39 is 35.7 Å². The van der Waals surface area contributed by atoms with Gasteiger partial charge in [-0.25, -0.2) is 18.6 Å². The van der Waals surface area contributed by atoms with Crippen LogP contribution in [0.15, 0.2) is 41.8 Å². The van der Waals surface area contributed by atoms with E-state index in [1.807, 2.05) is 0 Å². The summed E-state index contributed by atoms with van der Waals surface area (Å²) in [6, 6.07) is 7.70. The van der Waals surface area contributed by atoms with Gasteiger partial charge in [0.15, 0.2) is 23.2 Å². The summed E-state index contributed by atoms with van der Waals surface area (Å²) in [5.74, 6) is -2.51. The minimum absolute atomic E-state index is 0.286. The number of nitrogens with zero attached hydrogens (tertiary/aromatic N) is 1. The molecule has 0 atom stereocenters. The molecule has 0 spiro atoms. The number of benzene rings is 2. The highest BCUT2D eigenvalue weighted by molar-refractivity contribution is 7.14. The van der Waals surface area contributed by atoms with Crippen molar-refractivity contribution >= 4 is 28.3 Å². The molecule has 7 nitrogen and oxygen atoms in total. The topological polar surface area (TPSA) is 86.8 Å². The Balaban J connectivity index is 1.60. The number of thiazole rings is 1. The Labute approximate surface area is 174 Å². The van der Waals surface area contributed by atoms with Gasteiger partial charge in [0.05, 0.1) is 25.5 Å². The van der Waals surface area contributed by atoms with Gasteiger partial charge in [0.1, 0.15) is 11.6 Å². The molecule has 1 N–H and O–H groups in total. The molecule has 3 rings (SSSR count). The first kappa shape index (κ1) is 21.2.